The quantitative estimate of drug-likeness (QED) is 0.176. The Kier molecular flexibility index (Phi) is 11.5. The second-order valence-electron chi connectivity index (χ2n) is 6.38. The van der Waals surface area contributed by atoms with Gasteiger partial charge < -0.3 is 26.0 Å². The number of thioether (sulfide) groups is 2. The highest BCUT2D eigenvalue weighted by Crippen LogP contribution is 2.23. The molecule has 0 radical (unpaired) electrons. The third-order valence-electron chi connectivity index (χ3n) is 3.99. The number of hydrazine groups is 1. The van der Waals surface area contributed by atoms with Crippen LogP contribution in [0.1, 0.15) is 5.56 Å². The van der Waals surface area contributed by atoms with Crippen molar-refractivity contribution in [3.05, 3.63) is 39.0 Å². The zero-order valence-electron chi connectivity index (χ0n) is 16.4. The summed E-state index contributed by atoms with van der Waals surface area (Å²) in [5, 5.41) is 29.8. The summed E-state index contributed by atoms with van der Waals surface area (Å²) < 4.78 is 5.71. The zero-order valence-corrected chi connectivity index (χ0v) is 19.6. The summed E-state index contributed by atoms with van der Waals surface area (Å²) in [6.45, 7) is 2.22. The Hall–Kier alpha value is -0.930. The third kappa shape index (κ3) is 10.0. The lowest BCUT2D eigenvalue weighted by molar-refractivity contribution is -0.120. The summed E-state index contributed by atoms with van der Waals surface area (Å²) in [6, 6.07) is 5.54. The number of nitrogens with two attached hydrogens (primary N) is 1. The summed E-state index contributed by atoms with van der Waals surface area (Å²) in [5.41, 5.74) is 9.24. The van der Waals surface area contributed by atoms with Gasteiger partial charge >= 0.3 is 0 Å². The van der Waals surface area contributed by atoms with Crippen molar-refractivity contribution in [3.63, 3.8) is 0 Å². The Morgan fingerprint density at radius 1 is 1.48 bits per heavy atom. The first-order valence-corrected chi connectivity index (χ1v) is 11.7. The summed E-state index contributed by atoms with van der Waals surface area (Å²) >= 11 is 13.7. The number of hydrogen-bond donors (Lipinski definition) is 4. The van der Waals surface area contributed by atoms with Crippen molar-refractivity contribution in [2.24, 2.45) is 10.7 Å². The molecule has 1 heterocycles. The number of aliphatic hydroxyl groups is 1. The van der Waals surface area contributed by atoms with Crippen LogP contribution >= 0.6 is 46.7 Å². The minimum Gasteiger partial charge on any atom is -0.771 e. The predicted molar refractivity (Wildman–Crippen MR) is 126 cm³/mol. The molecule has 1 aliphatic heterocycles. The molecule has 10 nitrogen and oxygen atoms in total. The molecule has 0 aromatic heterocycles. The topological polar surface area (TPSA) is 150 Å². The first-order valence-electron chi connectivity index (χ1n) is 9.10. The summed E-state index contributed by atoms with van der Waals surface area (Å²) in [5.74, 6) is -0.858. The highest BCUT2D eigenvalue weighted by molar-refractivity contribution is 8.44. The summed E-state index contributed by atoms with van der Waals surface area (Å²) in [6.07, 6.45) is -0.168. The smallest absolute Gasteiger partial charge is 0.273 e. The average Bonchev–Trinajstić information content (AvgIpc) is 2.73. The van der Waals surface area contributed by atoms with Crippen LogP contribution in [-0.2, 0) is 16.1 Å². The van der Waals surface area contributed by atoms with Gasteiger partial charge in [-0.1, -0.05) is 41.0 Å². The van der Waals surface area contributed by atoms with Crippen LogP contribution < -0.4 is 11.2 Å². The lowest BCUT2D eigenvalue weighted by Gasteiger charge is -2.36. The monoisotopic (exact) mass is 509 g/mol. The fourth-order valence-electron chi connectivity index (χ4n) is 2.62. The van der Waals surface area contributed by atoms with Crippen LogP contribution in [0.3, 0.4) is 0 Å². The molecule has 14 heteroatoms. The van der Waals surface area contributed by atoms with E-state index in [-0.39, 0.29) is 21.5 Å². The zero-order chi connectivity index (χ0) is 22.8. The molecule has 0 spiro atoms. The molecule has 1 atom stereocenters. The van der Waals surface area contributed by atoms with Crippen LogP contribution in [0.5, 0.6) is 0 Å². The molecule has 172 valence electrons. The number of halogens is 2. The molecule has 1 aromatic carbocycles. The molecular weight excluding hydrogens is 487 g/mol. The van der Waals surface area contributed by atoms with Crippen molar-refractivity contribution >= 4 is 62.2 Å². The fraction of sp³-hybridized carbons (Fsp3) is 0.471. The molecule has 0 bridgehead atoms. The van der Waals surface area contributed by atoms with Crippen molar-refractivity contribution in [1.29, 1.82) is 5.41 Å². The number of nitrogens with zero attached hydrogens (tertiary/aromatic N) is 3. The van der Waals surface area contributed by atoms with E-state index < -0.39 is 12.5 Å². The van der Waals surface area contributed by atoms with Gasteiger partial charge in [-0.3, -0.25) is 20.5 Å². The van der Waals surface area contributed by atoms with Gasteiger partial charge in [0.25, 0.3) is 5.91 Å². The van der Waals surface area contributed by atoms with E-state index in [4.69, 9.17) is 44.2 Å². The van der Waals surface area contributed by atoms with E-state index in [1.807, 2.05) is 12.1 Å². The van der Waals surface area contributed by atoms with Crippen LogP contribution in [0.2, 0.25) is 10.0 Å². The second-order valence-corrected chi connectivity index (χ2v) is 9.44. The van der Waals surface area contributed by atoms with E-state index >= 15 is 0 Å². The maximum Gasteiger partial charge on any atom is 0.273 e. The maximum absolute atomic E-state index is 12.0. The number of amidine groups is 1. The number of ether oxygens (including phenoxy) is 1. The Morgan fingerprint density at radius 3 is 2.97 bits per heavy atom. The molecule has 31 heavy (non-hydrogen) atoms. The van der Waals surface area contributed by atoms with Gasteiger partial charge in [0, 0.05) is 26.2 Å². The Bertz CT molecular complexity index is 804. The number of nitrogens with one attached hydrogen (secondary N) is 2. The minimum absolute atomic E-state index is 0.00337. The SMILES string of the molecule is N=C(SCN([O-])NC[C@H]1CN(Cc2ccc(Cl)c(Cl)c2)CCO1)SC(N)=NC(=O)CO. The van der Waals surface area contributed by atoms with Gasteiger partial charge in [0.15, 0.2) is 5.17 Å². The maximum atomic E-state index is 12.0. The highest BCUT2D eigenvalue weighted by Gasteiger charge is 2.20. The van der Waals surface area contributed by atoms with Crippen molar-refractivity contribution in [2.45, 2.75) is 12.6 Å². The van der Waals surface area contributed by atoms with Crippen LogP contribution in [0.15, 0.2) is 23.2 Å². The molecule has 1 aromatic rings. The Morgan fingerprint density at radius 2 is 2.26 bits per heavy atom. The minimum atomic E-state index is -0.796. The van der Waals surface area contributed by atoms with E-state index in [2.05, 4.69) is 15.3 Å². The van der Waals surface area contributed by atoms with Crippen molar-refractivity contribution in [2.75, 3.05) is 38.7 Å². The second kappa shape index (κ2) is 13.6. The van der Waals surface area contributed by atoms with E-state index in [9.17, 15) is 10.0 Å². The van der Waals surface area contributed by atoms with Gasteiger partial charge in [0.05, 0.1) is 28.6 Å². The average molecular weight is 510 g/mol. The molecule has 1 fully saturated rings. The van der Waals surface area contributed by atoms with E-state index in [1.54, 1.807) is 6.07 Å². The van der Waals surface area contributed by atoms with Crippen molar-refractivity contribution < 1.29 is 14.6 Å². The van der Waals surface area contributed by atoms with E-state index in [0.717, 1.165) is 35.6 Å². The standard InChI is InChI=1S/C17H23Cl2N6O4S2/c18-13-2-1-11(5-14(13)19)7-24-3-4-29-12(8-24)6-22-25(28)10-30-17(21)31-16(20)23-15(27)9-26/h1-2,5,12,21-22,26H,3-4,6-10H2,(H2,20,23,27)/q-1/t12-/m0/s1. The molecule has 1 saturated heterocycles. The summed E-state index contributed by atoms with van der Waals surface area (Å²) in [4.78, 5) is 16.5. The number of rotatable bonds is 8. The normalized spacial score (nSPS) is 17.8. The molecule has 0 unspecified atom stereocenters. The molecule has 0 aliphatic carbocycles. The van der Waals surface area contributed by atoms with Gasteiger partial charge in [0.1, 0.15) is 11.0 Å². The number of hydrogen-bond acceptors (Lipinski definition) is 10. The number of benzene rings is 1. The lowest BCUT2D eigenvalue weighted by Crippen LogP contribution is -2.48. The number of aliphatic imine (C=N–C) groups is 1. The number of amides is 1. The number of carbonyl (C=O) groups excluding carboxylic acids is 1. The van der Waals surface area contributed by atoms with Crippen LogP contribution in [-0.4, -0.2) is 75.5 Å². The third-order valence-corrected chi connectivity index (χ3v) is 6.44. The lowest BCUT2D eigenvalue weighted by atomic mass is 10.2. The van der Waals surface area contributed by atoms with Crippen LogP contribution in [0.4, 0.5) is 0 Å². The largest absolute Gasteiger partial charge is 0.771 e. The van der Waals surface area contributed by atoms with Gasteiger partial charge in [-0.05, 0) is 29.5 Å². The highest BCUT2D eigenvalue weighted by atomic mass is 35.5. The number of morpholine rings is 1. The molecule has 1 amide bonds. The molecule has 5 N–H and O–H groups in total. The van der Waals surface area contributed by atoms with Crippen LogP contribution in [0, 0.1) is 10.6 Å². The first kappa shape index (κ1) is 26.3. The summed E-state index contributed by atoms with van der Waals surface area (Å²) in [7, 11) is 0. The fourth-order valence-corrected chi connectivity index (χ4v) is 4.25. The number of carbonyl (C=O) groups is 1. The Balaban J connectivity index is 1.69. The van der Waals surface area contributed by atoms with E-state index in [1.165, 1.54) is 0 Å². The molecule has 0 saturated carbocycles. The predicted octanol–water partition coefficient (Wildman–Crippen LogP) is 1.69. The Labute approximate surface area is 198 Å². The number of aliphatic hydroxyl groups excluding tert-OH is 1. The van der Waals surface area contributed by atoms with E-state index in [0.29, 0.717) is 41.5 Å². The molecule has 2 rings (SSSR count). The molecule has 1 aliphatic rings. The van der Waals surface area contributed by atoms with Crippen molar-refractivity contribution in [1.82, 2.24) is 15.5 Å². The first-order chi connectivity index (χ1) is 14.8. The van der Waals surface area contributed by atoms with Gasteiger partial charge in [0.2, 0.25) is 0 Å². The van der Waals surface area contributed by atoms with Gasteiger partial charge in [-0.25, -0.2) is 0 Å². The van der Waals surface area contributed by atoms with Gasteiger partial charge in [-0.15, -0.1) is 0 Å². The number of hydroxylamine groups is 1. The van der Waals surface area contributed by atoms with Crippen LogP contribution in [0.25, 0.3) is 0 Å². The van der Waals surface area contributed by atoms with Crippen molar-refractivity contribution in [3.8, 4) is 0 Å². The molecular formula is C17H23Cl2N6O4S2-. The van der Waals surface area contributed by atoms with Gasteiger partial charge in [-0.2, -0.15) is 4.99 Å².